The second kappa shape index (κ2) is 7.38. The minimum absolute atomic E-state index is 0.708. The first-order valence-corrected chi connectivity index (χ1v) is 7.48. The molecule has 0 aliphatic carbocycles. The van der Waals surface area contributed by atoms with E-state index in [1.165, 1.54) is 38.9 Å². The van der Waals surface area contributed by atoms with E-state index in [4.69, 9.17) is 0 Å². The molecule has 1 rings (SSSR count). The van der Waals surface area contributed by atoms with Crippen LogP contribution < -0.4 is 5.32 Å². The van der Waals surface area contributed by atoms with Gasteiger partial charge in [-0.1, -0.05) is 20.8 Å². The van der Waals surface area contributed by atoms with Gasteiger partial charge in [-0.25, -0.2) is 0 Å². The highest BCUT2D eigenvalue weighted by Crippen LogP contribution is 2.18. The monoisotopic (exact) mass is 240 g/mol. The van der Waals surface area contributed by atoms with E-state index in [2.05, 4.69) is 44.8 Å². The van der Waals surface area contributed by atoms with Crippen LogP contribution in [0.25, 0.3) is 0 Å². The van der Waals surface area contributed by atoms with Crippen LogP contribution in [0.4, 0.5) is 0 Å². The van der Waals surface area contributed by atoms with Crippen molar-refractivity contribution >= 4 is 0 Å². The van der Waals surface area contributed by atoms with Crippen molar-refractivity contribution in [2.45, 2.75) is 66.0 Å². The van der Waals surface area contributed by atoms with Gasteiger partial charge in [-0.15, -0.1) is 0 Å². The quantitative estimate of drug-likeness (QED) is 0.718. The number of nitrogens with one attached hydrogen (secondary N) is 1. The fourth-order valence-corrected chi connectivity index (χ4v) is 2.75. The van der Waals surface area contributed by atoms with Crippen molar-refractivity contribution in [1.82, 2.24) is 10.2 Å². The summed E-state index contributed by atoms with van der Waals surface area (Å²) in [7, 11) is 0. The predicted octanol–water partition coefficient (Wildman–Crippen LogP) is 3.13. The van der Waals surface area contributed by atoms with Crippen LogP contribution in [0.5, 0.6) is 0 Å². The van der Waals surface area contributed by atoms with Gasteiger partial charge in [0.05, 0.1) is 0 Å². The van der Waals surface area contributed by atoms with Gasteiger partial charge in [0.25, 0.3) is 0 Å². The van der Waals surface area contributed by atoms with Crippen LogP contribution in [0.3, 0.4) is 0 Å². The molecule has 2 nitrogen and oxygen atoms in total. The van der Waals surface area contributed by atoms with Crippen molar-refractivity contribution in [1.29, 1.82) is 0 Å². The first-order valence-electron chi connectivity index (χ1n) is 7.48. The lowest BCUT2D eigenvalue weighted by Crippen LogP contribution is -2.50. The normalized spacial score (nSPS) is 27.0. The summed E-state index contributed by atoms with van der Waals surface area (Å²) in [5.74, 6) is 1.64. The zero-order valence-corrected chi connectivity index (χ0v) is 12.5. The van der Waals surface area contributed by atoms with Gasteiger partial charge in [-0.3, -0.25) is 0 Å². The molecule has 0 amide bonds. The number of piperidine rings is 1. The summed E-state index contributed by atoms with van der Waals surface area (Å²) >= 11 is 0. The van der Waals surface area contributed by atoms with Crippen molar-refractivity contribution < 1.29 is 0 Å². The maximum atomic E-state index is 3.76. The van der Waals surface area contributed by atoms with Crippen molar-refractivity contribution in [3.63, 3.8) is 0 Å². The number of hydrogen-bond donors (Lipinski definition) is 1. The maximum absolute atomic E-state index is 3.76. The molecule has 0 aromatic rings. The van der Waals surface area contributed by atoms with E-state index < -0.39 is 0 Å². The summed E-state index contributed by atoms with van der Waals surface area (Å²) in [6.07, 6.45) is 4.00. The molecule has 0 spiro atoms. The third-order valence-electron chi connectivity index (χ3n) is 4.03. The minimum atomic E-state index is 0.708. The molecule has 0 unspecified atom stereocenters. The van der Waals surface area contributed by atoms with Crippen LogP contribution in [-0.2, 0) is 0 Å². The standard InChI is InChI=1S/C15H32N2/c1-12(2)7-6-9-16-15-8-10-17(13(3)4)11-14(15)5/h12-16H,6-11H2,1-5H3/t14-,15-/m1/s1. The predicted molar refractivity (Wildman–Crippen MR) is 76.4 cm³/mol. The molecule has 102 valence electrons. The first kappa shape index (κ1) is 15.0. The molecular formula is C15H32N2. The van der Waals surface area contributed by atoms with Crippen molar-refractivity contribution in [3.05, 3.63) is 0 Å². The molecule has 1 saturated heterocycles. The lowest BCUT2D eigenvalue weighted by molar-refractivity contribution is 0.118. The van der Waals surface area contributed by atoms with Crippen LogP contribution in [-0.4, -0.2) is 36.6 Å². The topological polar surface area (TPSA) is 15.3 Å². The number of nitrogens with zero attached hydrogens (tertiary/aromatic N) is 1. The fraction of sp³-hybridized carbons (Fsp3) is 1.00. The Hall–Kier alpha value is -0.0800. The summed E-state index contributed by atoms with van der Waals surface area (Å²) in [4.78, 5) is 2.61. The molecule has 1 aliphatic heterocycles. The molecule has 0 aromatic heterocycles. The first-order chi connectivity index (χ1) is 8.00. The summed E-state index contributed by atoms with van der Waals surface area (Å²) in [5.41, 5.74) is 0. The number of hydrogen-bond acceptors (Lipinski definition) is 2. The van der Waals surface area contributed by atoms with Gasteiger partial charge in [-0.05, 0) is 58.0 Å². The van der Waals surface area contributed by atoms with Gasteiger partial charge < -0.3 is 10.2 Å². The van der Waals surface area contributed by atoms with Crippen LogP contribution in [0.15, 0.2) is 0 Å². The van der Waals surface area contributed by atoms with E-state index in [-0.39, 0.29) is 0 Å². The second-order valence-corrected chi connectivity index (χ2v) is 6.45. The van der Waals surface area contributed by atoms with Crippen LogP contribution >= 0.6 is 0 Å². The van der Waals surface area contributed by atoms with Crippen molar-refractivity contribution in [2.24, 2.45) is 11.8 Å². The summed E-state index contributed by atoms with van der Waals surface area (Å²) in [6.45, 7) is 15.4. The zero-order chi connectivity index (χ0) is 12.8. The average Bonchev–Trinajstić information content (AvgIpc) is 2.25. The van der Waals surface area contributed by atoms with Gasteiger partial charge in [0.15, 0.2) is 0 Å². The Morgan fingerprint density at radius 3 is 2.47 bits per heavy atom. The Balaban J connectivity index is 2.18. The largest absolute Gasteiger partial charge is 0.314 e. The molecular weight excluding hydrogens is 208 g/mol. The van der Waals surface area contributed by atoms with Crippen LogP contribution in [0, 0.1) is 11.8 Å². The Morgan fingerprint density at radius 1 is 1.24 bits per heavy atom. The van der Waals surface area contributed by atoms with Gasteiger partial charge in [0, 0.05) is 18.6 Å². The van der Waals surface area contributed by atoms with Crippen LogP contribution in [0.2, 0.25) is 0 Å². The Kier molecular flexibility index (Phi) is 6.50. The van der Waals surface area contributed by atoms with E-state index in [9.17, 15) is 0 Å². The fourth-order valence-electron chi connectivity index (χ4n) is 2.75. The highest BCUT2D eigenvalue weighted by Gasteiger charge is 2.26. The van der Waals surface area contributed by atoms with Crippen LogP contribution in [0.1, 0.15) is 53.9 Å². The lowest BCUT2D eigenvalue weighted by atomic mass is 9.93. The van der Waals surface area contributed by atoms with Crippen molar-refractivity contribution in [3.8, 4) is 0 Å². The average molecular weight is 240 g/mol. The van der Waals surface area contributed by atoms with E-state index >= 15 is 0 Å². The zero-order valence-electron chi connectivity index (χ0n) is 12.5. The molecule has 2 heteroatoms. The number of likely N-dealkylation sites (tertiary alicyclic amines) is 1. The molecule has 1 fully saturated rings. The smallest absolute Gasteiger partial charge is 0.0117 e. The summed E-state index contributed by atoms with van der Waals surface area (Å²) < 4.78 is 0. The molecule has 1 N–H and O–H groups in total. The van der Waals surface area contributed by atoms with Crippen molar-refractivity contribution in [2.75, 3.05) is 19.6 Å². The van der Waals surface area contributed by atoms with Gasteiger partial charge >= 0.3 is 0 Å². The maximum Gasteiger partial charge on any atom is 0.0117 e. The Morgan fingerprint density at radius 2 is 1.94 bits per heavy atom. The van der Waals surface area contributed by atoms with Gasteiger partial charge in [0.2, 0.25) is 0 Å². The molecule has 17 heavy (non-hydrogen) atoms. The minimum Gasteiger partial charge on any atom is -0.314 e. The molecule has 0 radical (unpaired) electrons. The van der Waals surface area contributed by atoms with E-state index in [1.54, 1.807) is 0 Å². The summed E-state index contributed by atoms with van der Waals surface area (Å²) in [5, 5.41) is 3.76. The van der Waals surface area contributed by atoms with E-state index in [1.807, 2.05) is 0 Å². The highest BCUT2D eigenvalue weighted by atomic mass is 15.2. The highest BCUT2D eigenvalue weighted by molar-refractivity contribution is 4.83. The van der Waals surface area contributed by atoms with E-state index in [0.717, 1.165) is 17.9 Å². The molecule has 0 aromatic carbocycles. The second-order valence-electron chi connectivity index (χ2n) is 6.45. The summed E-state index contributed by atoms with van der Waals surface area (Å²) in [6, 6.07) is 1.46. The third kappa shape index (κ3) is 5.39. The molecule has 2 atom stereocenters. The third-order valence-corrected chi connectivity index (χ3v) is 4.03. The lowest BCUT2D eigenvalue weighted by Gasteiger charge is -2.39. The Labute approximate surface area is 108 Å². The molecule has 0 bridgehead atoms. The van der Waals surface area contributed by atoms with Gasteiger partial charge in [0.1, 0.15) is 0 Å². The SMILES string of the molecule is CC(C)CCCN[C@@H]1CCN(C(C)C)C[C@H]1C. The van der Waals surface area contributed by atoms with Gasteiger partial charge in [-0.2, -0.15) is 0 Å². The Bertz CT molecular complexity index is 201. The number of rotatable bonds is 6. The molecule has 1 heterocycles. The van der Waals surface area contributed by atoms with E-state index in [0.29, 0.717) is 6.04 Å². The molecule has 1 aliphatic rings. The molecule has 0 saturated carbocycles.